The van der Waals surface area contributed by atoms with E-state index in [1.807, 2.05) is 0 Å². The molecule has 0 aromatic rings. The van der Waals surface area contributed by atoms with Gasteiger partial charge in [0.05, 0.1) is 6.10 Å². The second-order valence-electron chi connectivity index (χ2n) is 1.26. The monoisotopic (exact) mass is 105 g/mol. The van der Waals surface area contributed by atoms with E-state index in [0.29, 0.717) is 0 Å². The molecule has 0 aliphatic carbocycles. The van der Waals surface area contributed by atoms with E-state index in [-0.39, 0.29) is 0 Å². The molecule has 0 aromatic heterocycles. The van der Waals surface area contributed by atoms with E-state index in [1.54, 1.807) is 0 Å². The highest BCUT2D eigenvalue weighted by molar-refractivity contribution is 5.57. The maximum absolute atomic E-state index is 11.6. The van der Waals surface area contributed by atoms with Crippen molar-refractivity contribution in [1.29, 1.82) is 0 Å². The van der Waals surface area contributed by atoms with Crippen LogP contribution in [0.2, 0.25) is 0 Å². The molecule has 0 heterocycles. The Morgan fingerprint density at radius 1 is 1.86 bits per heavy atom. The number of aliphatic hydroxyl groups excluding tert-OH is 1. The van der Waals surface area contributed by atoms with Crippen molar-refractivity contribution in [3.8, 4) is 0 Å². The third kappa shape index (κ3) is 2.28. The van der Waals surface area contributed by atoms with Crippen LogP contribution in [0.1, 0.15) is 6.92 Å². The number of hydrogen-bond acceptors (Lipinski definition) is 2. The summed E-state index contributed by atoms with van der Waals surface area (Å²) in [6.07, 6.45) is -2.07. The second-order valence-corrected chi connectivity index (χ2v) is 1.26. The smallest absolute Gasteiger partial charge is 0.238 e. The molecule has 0 aliphatic rings. The Hall–Kier alpha value is -0.440. The fraction of sp³-hybridized carbons (Fsp3) is 0.750. The number of halogens is 1. The van der Waals surface area contributed by atoms with E-state index in [2.05, 4.69) is 0 Å². The van der Waals surface area contributed by atoms with Crippen LogP contribution < -0.4 is 0 Å². The largest absolute Gasteiger partial charge is 0.390 e. The highest BCUT2D eigenvalue weighted by atomic mass is 19.1. The molecule has 41 valence electrons. The second kappa shape index (κ2) is 2.69. The molecule has 0 fully saturated rings. The number of aliphatic hydroxyl groups is 1. The van der Waals surface area contributed by atoms with Crippen LogP contribution in [0.3, 0.4) is 0 Å². The maximum atomic E-state index is 11.6. The Morgan fingerprint density at radius 3 is 2.29 bits per heavy atom. The zero-order chi connectivity index (χ0) is 5.86. The number of alkyl halides is 1. The summed E-state index contributed by atoms with van der Waals surface area (Å²) in [5.74, 6) is 0. The Bertz CT molecular complexity index is 62.7. The molecule has 0 bridgehead atoms. The van der Waals surface area contributed by atoms with Crippen LogP contribution in [0.25, 0.3) is 0 Å². The van der Waals surface area contributed by atoms with Gasteiger partial charge in [0.15, 0.2) is 6.17 Å². The van der Waals surface area contributed by atoms with Crippen molar-refractivity contribution in [3.63, 3.8) is 0 Å². The van der Waals surface area contributed by atoms with E-state index in [0.717, 1.165) is 6.29 Å². The molecule has 0 aromatic carbocycles. The fourth-order valence-electron chi connectivity index (χ4n) is 0.0985. The Morgan fingerprint density at radius 2 is 2.29 bits per heavy atom. The first-order valence-corrected chi connectivity index (χ1v) is 1.88. The number of carbonyl (C=O) groups excluding carboxylic acids is 1. The predicted octanol–water partition coefficient (Wildman–Crippen LogP) is -0.185. The minimum absolute atomic E-state index is 0.998. The van der Waals surface area contributed by atoms with Gasteiger partial charge in [-0.25, -0.2) is 4.39 Å². The van der Waals surface area contributed by atoms with Gasteiger partial charge >= 0.3 is 0 Å². The summed E-state index contributed by atoms with van der Waals surface area (Å²) in [5.41, 5.74) is 0. The molecule has 0 spiro atoms. The summed E-state index contributed by atoms with van der Waals surface area (Å²) in [4.78, 5) is 9.29. The van der Waals surface area contributed by atoms with E-state index < -0.39 is 12.3 Å². The van der Waals surface area contributed by atoms with Crippen molar-refractivity contribution in [2.45, 2.75) is 19.2 Å². The Balaban J connectivity index is 3.33. The normalized spacial score (nSPS) is 18.1. The zero-order valence-electron chi connectivity index (χ0n) is 3.89. The standard InChI is InChI=1S/C4H6FO2/c1-3(7)4(5)2-6/h3-4,7H,1H3. The highest BCUT2D eigenvalue weighted by Gasteiger charge is 2.10. The molecular weight excluding hydrogens is 99.0 g/mol. The van der Waals surface area contributed by atoms with Crippen LogP contribution >= 0.6 is 0 Å². The summed E-state index contributed by atoms with van der Waals surface area (Å²) in [7, 11) is 0. The lowest BCUT2D eigenvalue weighted by Gasteiger charge is -1.98. The molecular formula is C4H6FO2. The zero-order valence-corrected chi connectivity index (χ0v) is 3.89. The molecule has 1 N–H and O–H groups in total. The number of hydrogen-bond donors (Lipinski definition) is 1. The molecule has 2 nitrogen and oxygen atoms in total. The van der Waals surface area contributed by atoms with Crippen LogP contribution in [0.5, 0.6) is 0 Å². The summed E-state index contributed by atoms with van der Waals surface area (Å²) < 4.78 is 11.6. The van der Waals surface area contributed by atoms with Crippen LogP contribution in [0, 0.1) is 0 Å². The topological polar surface area (TPSA) is 37.3 Å². The molecule has 0 saturated carbocycles. The van der Waals surface area contributed by atoms with Gasteiger partial charge < -0.3 is 5.11 Å². The maximum Gasteiger partial charge on any atom is 0.238 e. The minimum Gasteiger partial charge on any atom is -0.390 e. The van der Waals surface area contributed by atoms with E-state index >= 15 is 0 Å². The molecule has 0 rings (SSSR count). The first-order chi connectivity index (χ1) is 3.18. The fourth-order valence-corrected chi connectivity index (χ4v) is 0.0985. The first-order valence-electron chi connectivity index (χ1n) is 1.88. The van der Waals surface area contributed by atoms with Gasteiger partial charge in [-0.3, -0.25) is 4.79 Å². The summed E-state index contributed by atoms with van der Waals surface area (Å²) >= 11 is 0. The average molecular weight is 105 g/mol. The van der Waals surface area contributed by atoms with Crippen molar-refractivity contribution in [1.82, 2.24) is 0 Å². The van der Waals surface area contributed by atoms with Gasteiger partial charge in [-0.15, -0.1) is 0 Å². The molecule has 1 radical (unpaired) electrons. The molecule has 3 heteroatoms. The van der Waals surface area contributed by atoms with Crippen LogP contribution in [-0.4, -0.2) is 23.7 Å². The summed E-state index contributed by atoms with van der Waals surface area (Å²) in [5, 5.41) is 8.18. The summed E-state index contributed by atoms with van der Waals surface area (Å²) in [6.45, 7) is 1.19. The molecule has 0 aliphatic heterocycles. The van der Waals surface area contributed by atoms with Gasteiger partial charge in [-0.1, -0.05) is 0 Å². The SMILES string of the molecule is CC(O)C(F)[C]=O. The van der Waals surface area contributed by atoms with Crippen LogP contribution in [0.15, 0.2) is 0 Å². The van der Waals surface area contributed by atoms with Crippen molar-refractivity contribution < 1.29 is 14.3 Å². The van der Waals surface area contributed by atoms with Gasteiger partial charge in [0.25, 0.3) is 0 Å². The van der Waals surface area contributed by atoms with E-state index in [4.69, 9.17) is 5.11 Å². The van der Waals surface area contributed by atoms with Gasteiger partial charge in [-0.05, 0) is 6.92 Å². The van der Waals surface area contributed by atoms with E-state index in [1.165, 1.54) is 6.92 Å². The minimum atomic E-state index is -1.85. The quantitative estimate of drug-likeness (QED) is 0.528. The van der Waals surface area contributed by atoms with E-state index in [9.17, 15) is 9.18 Å². The van der Waals surface area contributed by atoms with Gasteiger partial charge in [0.2, 0.25) is 6.29 Å². The van der Waals surface area contributed by atoms with Gasteiger partial charge in [-0.2, -0.15) is 0 Å². The van der Waals surface area contributed by atoms with Crippen molar-refractivity contribution in [2.24, 2.45) is 0 Å². The lowest BCUT2D eigenvalue weighted by molar-refractivity contribution is 0.127. The van der Waals surface area contributed by atoms with Crippen molar-refractivity contribution in [3.05, 3.63) is 0 Å². The van der Waals surface area contributed by atoms with Gasteiger partial charge in [0, 0.05) is 0 Å². The lowest BCUT2D eigenvalue weighted by Crippen LogP contribution is -2.18. The molecule has 2 unspecified atom stereocenters. The Kier molecular flexibility index (Phi) is 2.52. The predicted molar refractivity (Wildman–Crippen MR) is 22.3 cm³/mol. The summed E-state index contributed by atoms with van der Waals surface area (Å²) in [6, 6.07) is 0. The third-order valence-electron chi connectivity index (χ3n) is 0.536. The Labute approximate surface area is 41.0 Å². The molecule has 0 saturated heterocycles. The highest BCUT2D eigenvalue weighted by Crippen LogP contribution is 1.91. The van der Waals surface area contributed by atoms with Crippen LogP contribution in [-0.2, 0) is 4.79 Å². The van der Waals surface area contributed by atoms with Gasteiger partial charge in [0.1, 0.15) is 0 Å². The average Bonchev–Trinajstić information content (AvgIpc) is 1.65. The number of rotatable bonds is 2. The third-order valence-corrected chi connectivity index (χ3v) is 0.536. The van der Waals surface area contributed by atoms with Crippen molar-refractivity contribution in [2.75, 3.05) is 0 Å². The van der Waals surface area contributed by atoms with Crippen LogP contribution in [0.4, 0.5) is 4.39 Å². The first kappa shape index (κ1) is 6.56. The molecule has 2 atom stereocenters. The van der Waals surface area contributed by atoms with Crippen molar-refractivity contribution >= 4 is 6.29 Å². The molecule has 7 heavy (non-hydrogen) atoms. The lowest BCUT2D eigenvalue weighted by atomic mass is 10.3. The molecule has 0 amide bonds.